The van der Waals surface area contributed by atoms with Gasteiger partial charge in [0.1, 0.15) is 5.75 Å². The van der Waals surface area contributed by atoms with Crippen LogP contribution in [0.1, 0.15) is 24.8 Å². The molecule has 25 heavy (non-hydrogen) atoms. The van der Waals surface area contributed by atoms with E-state index in [2.05, 4.69) is 54.6 Å². The molecule has 3 aliphatic rings. The highest BCUT2D eigenvalue weighted by Gasteiger charge is 2.52. The molecule has 3 aliphatic carbocycles. The summed E-state index contributed by atoms with van der Waals surface area (Å²) < 4.78 is 1.56. The molecule has 1 aromatic carbocycles. The Morgan fingerprint density at radius 1 is 1.24 bits per heavy atom. The van der Waals surface area contributed by atoms with Gasteiger partial charge in [0.2, 0.25) is 0 Å². The van der Waals surface area contributed by atoms with Crippen LogP contribution in [0.15, 0.2) is 39.4 Å². The molecule has 5 atom stereocenters. The first-order chi connectivity index (χ1) is 12.0. The van der Waals surface area contributed by atoms with Crippen LogP contribution in [-0.2, 0) is 0 Å². The summed E-state index contributed by atoms with van der Waals surface area (Å²) in [5.74, 6) is 3.44. The van der Waals surface area contributed by atoms with Crippen molar-refractivity contribution in [1.82, 2.24) is 10.6 Å². The summed E-state index contributed by atoms with van der Waals surface area (Å²) in [6.07, 6.45) is 12.2. The lowest BCUT2D eigenvalue weighted by atomic mass is 9.79. The number of thiocarbonyl (C=S) groups is 1. The van der Waals surface area contributed by atoms with E-state index < -0.39 is 0 Å². The van der Waals surface area contributed by atoms with Crippen molar-refractivity contribution in [2.75, 3.05) is 0 Å². The minimum atomic E-state index is 0.215. The lowest BCUT2D eigenvalue weighted by molar-refractivity contribution is 0.246. The molecule has 0 spiro atoms. The predicted octanol–water partition coefficient (Wildman–Crippen LogP) is 4.95. The summed E-state index contributed by atoms with van der Waals surface area (Å²) in [6, 6.07) is 4.15. The van der Waals surface area contributed by atoms with Crippen LogP contribution in [0.2, 0.25) is 0 Å². The van der Waals surface area contributed by atoms with Crippen LogP contribution in [0.4, 0.5) is 0 Å². The average molecular weight is 484 g/mol. The van der Waals surface area contributed by atoms with Crippen LogP contribution in [0.5, 0.6) is 5.75 Å². The number of halogens is 2. The molecule has 0 aliphatic heterocycles. The number of phenols is 1. The Labute approximate surface area is 170 Å². The van der Waals surface area contributed by atoms with Crippen molar-refractivity contribution in [3.63, 3.8) is 0 Å². The van der Waals surface area contributed by atoms with E-state index in [0.717, 1.165) is 33.7 Å². The molecule has 0 unspecified atom stereocenters. The van der Waals surface area contributed by atoms with Gasteiger partial charge in [-0.2, -0.15) is 0 Å². The maximum absolute atomic E-state index is 10.1. The van der Waals surface area contributed by atoms with Crippen molar-refractivity contribution >= 4 is 55.3 Å². The molecule has 6 heteroatoms. The Morgan fingerprint density at radius 3 is 2.92 bits per heavy atom. The Bertz CT molecular complexity index is 764. The van der Waals surface area contributed by atoms with E-state index in [4.69, 9.17) is 12.2 Å². The van der Waals surface area contributed by atoms with Crippen molar-refractivity contribution in [2.45, 2.75) is 25.3 Å². The fourth-order valence-electron chi connectivity index (χ4n) is 4.84. The molecule has 2 saturated carbocycles. The molecule has 0 amide bonds. The van der Waals surface area contributed by atoms with Crippen LogP contribution in [0.3, 0.4) is 0 Å². The van der Waals surface area contributed by atoms with Gasteiger partial charge in [0, 0.05) is 22.3 Å². The standard InChI is InChI=1S/C19H20Br2N2OS/c20-12-6-10(18(24)16(21)9-12)4-5-22-19(25)23-17-8-11-7-15(17)14-3-1-2-13(11)14/h1,3-6,9,11,13-15,17,24H,2,7-8H2,(H2,22,23,25)/b5-4+/t11-,13+,14-,15+,17+/m0/s1. The monoisotopic (exact) mass is 482 g/mol. The van der Waals surface area contributed by atoms with Gasteiger partial charge in [0.25, 0.3) is 0 Å². The molecule has 0 saturated heterocycles. The molecule has 0 radical (unpaired) electrons. The lowest BCUT2D eigenvalue weighted by Crippen LogP contribution is -2.45. The van der Waals surface area contributed by atoms with Gasteiger partial charge in [0.15, 0.2) is 5.11 Å². The van der Waals surface area contributed by atoms with Crippen molar-refractivity contribution in [3.8, 4) is 5.75 Å². The molecule has 3 nitrogen and oxygen atoms in total. The summed E-state index contributed by atoms with van der Waals surface area (Å²) in [6.45, 7) is 0. The fourth-order valence-corrected chi connectivity index (χ4v) is 6.32. The number of fused-ring (bicyclic) bond motifs is 5. The summed E-state index contributed by atoms with van der Waals surface area (Å²) in [5.41, 5.74) is 0.718. The number of benzene rings is 1. The first-order valence-electron chi connectivity index (χ1n) is 8.61. The van der Waals surface area contributed by atoms with Crippen molar-refractivity contribution in [1.29, 1.82) is 0 Å². The Morgan fingerprint density at radius 2 is 2.08 bits per heavy atom. The van der Waals surface area contributed by atoms with Crippen LogP contribution in [0, 0.1) is 23.7 Å². The number of aromatic hydroxyl groups is 1. The molecule has 0 aromatic heterocycles. The van der Waals surface area contributed by atoms with Crippen molar-refractivity contribution in [2.24, 2.45) is 23.7 Å². The van der Waals surface area contributed by atoms with E-state index in [9.17, 15) is 5.11 Å². The van der Waals surface area contributed by atoms with Crippen molar-refractivity contribution < 1.29 is 5.11 Å². The Kier molecular flexibility index (Phi) is 4.95. The second kappa shape index (κ2) is 7.05. The lowest BCUT2D eigenvalue weighted by Gasteiger charge is -2.32. The van der Waals surface area contributed by atoms with E-state index in [1.165, 1.54) is 19.3 Å². The molecule has 132 valence electrons. The van der Waals surface area contributed by atoms with E-state index in [1.54, 1.807) is 6.20 Å². The quantitative estimate of drug-likeness (QED) is 0.420. The summed E-state index contributed by atoms with van der Waals surface area (Å²) in [4.78, 5) is 0. The fraction of sp³-hybridized carbons (Fsp3) is 0.421. The second-order valence-electron chi connectivity index (χ2n) is 7.18. The van der Waals surface area contributed by atoms with Crippen LogP contribution >= 0.6 is 44.1 Å². The minimum absolute atomic E-state index is 0.215. The van der Waals surface area contributed by atoms with Crippen LogP contribution in [0.25, 0.3) is 6.08 Å². The highest BCUT2D eigenvalue weighted by molar-refractivity contribution is 9.11. The first kappa shape index (κ1) is 17.6. The summed E-state index contributed by atoms with van der Waals surface area (Å²) >= 11 is 12.2. The van der Waals surface area contributed by atoms with Crippen molar-refractivity contribution in [3.05, 3.63) is 45.0 Å². The van der Waals surface area contributed by atoms with Gasteiger partial charge in [-0.15, -0.1) is 0 Å². The molecular weight excluding hydrogens is 464 g/mol. The van der Waals surface area contributed by atoms with Crippen LogP contribution < -0.4 is 10.6 Å². The molecule has 0 heterocycles. The molecular formula is C19H20Br2N2OS. The highest BCUT2D eigenvalue weighted by Crippen LogP contribution is 2.56. The van der Waals surface area contributed by atoms with E-state index >= 15 is 0 Å². The number of rotatable bonds is 3. The minimum Gasteiger partial charge on any atom is -0.506 e. The molecule has 3 N–H and O–H groups in total. The van der Waals surface area contributed by atoms with Gasteiger partial charge in [0.05, 0.1) is 4.47 Å². The summed E-state index contributed by atoms with van der Waals surface area (Å²) in [5, 5.41) is 17.4. The third kappa shape index (κ3) is 3.40. The second-order valence-corrected chi connectivity index (χ2v) is 9.36. The maximum Gasteiger partial charge on any atom is 0.170 e. The topological polar surface area (TPSA) is 44.3 Å². The molecule has 4 rings (SSSR count). The molecule has 2 fully saturated rings. The number of allylic oxidation sites excluding steroid dienone is 2. The zero-order valence-electron chi connectivity index (χ0n) is 13.6. The third-order valence-electron chi connectivity index (χ3n) is 5.86. The first-order valence-corrected chi connectivity index (χ1v) is 10.6. The number of hydrogen-bond acceptors (Lipinski definition) is 2. The van der Waals surface area contributed by atoms with E-state index in [-0.39, 0.29) is 5.75 Å². The van der Waals surface area contributed by atoms with Gasteiger partial charge < -0.3 is 15.7 Å². The van der Waals surface area contributed by atoms with Gasteiger partial charge in [-0.3, -0.25) is 0 Å². The molecule has 2 bridgehead atoms. The third-order valence-corrected chi connectivity index (χ3v) is 7.16. The maximum atomic E-state index is 10.1. The zero-order chi connectivity index (χ0) is 17.6. The highest BCUT2D eigenvalue weighted by atomic mass is 79.9. The smallest absolute Gasteiger partial charge is 0.170 e. The van der Waals surface area contributed by atoms with Gasteiger partial charge in [-0.05, 0) is 89.3 Å². The normalized spacial score (nSPS) is 32.3. The predicted molar refractivity (Wildman–Crippen MR) is 112 cm³/mol. The van der Waals surface area contributed by atoms with E-state index in [0.29, 0.717) is 15.6 Å². The zero-order valence-corrected chi connectivity index (χ0v) is 17.6. The SMILES string of the molecule is Oc1c(Br)cc(Br)cc1/C=C/NC(=S)N[C@@H]1C[C@@H]2C[C@@H]1[C@H]1C=CC[C@H]21. The van der Waals surface area contributed by atoms with Crippen LogP contribution in [-0.4, -0.2) is 16.3 Å². The van der Waals surface area contributed by atoms with Gasteiger partial charge in [-0.25, -0.2) is 0 Å². The number of nitrogens with one attached hydrogen (secondary N) is 2. The average Bonchev–Trinajstić information content (AvgIpc) is 3.24. The van der Waals surface area contributed by atoms with Gasteiger partial charge in [-0.1, -0.05) is 28.1 Å². The largest absolute Gasteiger partial charge is 0.506 e. The molecule has 1 aromatic rings. The van der Waals surface area contributed by atoms with E-state index in [1.807, 2.05) is 18.2 Å². The Hall–Kier alpha value is -0.850. The number of phenolic OH excluding ortho intramolecular Hbond substituents is 1. The van der Waals surface area contributed by atoms with Gasteiger partial charge >= 0.3 is 0 Å². The Balaban J connectivity index is 1.34. The number of hydrogen-bond donors (Lipinski definition) is 3. The summed E-state index contributed by atoms with van der Waals surface area (Å²) in [7, 11) is 0.